The molecular formula is C13H19FN2O. The largest absolute Gasteiger partial charge is 0.347 e. The number of nitrogens with one attached hydrogen (secondary N) is 1. The number of hydrogen-bond acceptors (Lipinski definition) is 2. The van der Waals surface area contributed by atoms with Gasteiger partial charge < -0.3 is 11.1 Å². The molecule has 3 nitrogen and oxygen atoms in total. The van der Waals surface area contributed by atoms with Crippen molar-refractivity contribution in [1.29, 1.82) is 0 Å². The van der Waals surface area contributed by atoms with E-state index in [1.165, 1.54) is 12.1 Å². The lowest BCUT2D eigenvalue weighted by Gasteiger charge is -2.25. The minimum Gasteiger partial charge on any atom is -0.347 e. The molecule has 0 saturated carbocycles. The highest BCUT2D eigenvalue weighted by Crippen LogP contribution is 2.13. The summed E-state index contributed by atoms with van der Waals surface area (Å²) in [6, 6.07) is 4.57. The summed E-state index contributed by atoms with van der Waals surface area (Å²) in [6.07, 6.45) is 0.645. The van der Waals surface area contributed by atoms with Gasteiger partial charge in [0.15, 0.2) is 0 Å². The van der Waals surface area contributed by atoms with Crippen molar-refractivity contribution in [2.75, 3.05) is 6.54 Å². The molecule has 0 saturated heterocycles. The van der Waals surface area contributed by atoms with Crippen LogP contribution in [0.15, 0.2) is 18.2 Å². The van der Waals surface area contributed by atoms with E-state index < -0.39 is 17.3 Å². The maximum Gasteiger partial charge on any atom is 0.254 e. The number of rotatable bonds is 4. The number of aryl methyl sites for hydroxylation is 1. The Morgan fingerprint density at radius 3 is 2.65 bits per heavy atom. The summed E-state index contributed by atoms with van der Waals surface area (Å²) in [5, 5.41) is 2.77. The molecule has 1 rings (SSSR count). The van der Waals surface area contributed by atoms with Crippen LogP contribution in [0.1, 0.15) is 36.2 Å². The number of carbonyl (C=O) groups is 1. The van der Waals surface area contributed by atoms with Gasteiger partial charge in [-0.3, -0.25) is 4.79 Å². The molecule has 0 aliphatic heterocycles. The molecule has 0 radical (unpaired) electrons. The van der Waals surface area contributed by atoms with Gasteiger partial charge in [-0.15, -0.1) is 0 Å². The highest BCUT2D eigenvalue weighted by Gasteiger charge is 2.21. The number of carbonyl (C=O) groups excluding carboxylic acids is 1. The minimum atomic E-state index is -0.494. The van der Waals surface area contributed by atoms with Crippen LogP contribution in [0.3, 0.4) is 0 Å². The lowest BCUT2D eigenvalue weighted by Crippen LogP contribution is -2.45. The maximum atomic E-state index is 13.6. The highest BCUT2D eigenvalue weighted by molar-refractivity contribution is 5.94. The van der Waals surface area contributed by atoms with Gasteiger partial charge in [-0.1, -0.05) is 6.07 Å². The van der Waals surface area contributed by atoms with Crippen LogP contribution >= 0.6 is 0 Å². The molecule has 4 heteroatoms. The molecule has 0 aliphatic rings. The number of benzene rings is 1. The van der Waals surface area contributed by atoms with E-state index in [0.29, 0.717) is 13.0 Å². The van der Waals surface area contributed by atoms with Gasteiger partial charge in [0.2, 0.25) is 0 Å². The van der Waals surface area contributed by atoms with E-state index in [4.69, 9.17) is 5.73 Å². The second kappa shape index (κ2) is 5.27. The van der Waals surface area contributed by atoms with Crippen LogP contribution in [0, 0.1) is 12.7 Å². The Morgan fingerprint density at radius 2 is 2.12 bits per heavy atom. The number of hydrogen-bond donors (Lipinski definition) is 2. The number of nitrogens with two attached hydrogens (primary N) is 1. The monoisotopic (exact) mass is 238 g/mol. The van der Waals surface area contributed by atoms with Gasteiger partial charge in [-0.2, -0.15) is 0 Å². The van der Waals surface area contributed by atoms with Crippen molar-refractivity contribution < 1.29 is 9.18 Å². The summed E-state index contributed by atoms with van der Waals surface area (Å²) in [5.41, 5.74) is 5.89. The van der Waals surface area contributed by atoms with E-state index >= 15 is 0 Å². The molecule has 17 heavy (non-hydrogen) atoms. The molecule has 1 aromatic carbocycles. The molecule has 1 amide bonds. The quantitative estimate of drug-likeness (QED) is 0.842. The van der Waals surface area contributed by atoms with Crippen molar-refractivity contribution in [3.05, 3.63) is 35.1 Å². The van der Waals surface area contributed by atoms with Crippen LogP contribution in [-0.4, -0.2) is 18.0 Å². The summed E-state index contributed by atoms with van der Waals surface area (Å²) in [7, 11) is 0. The Hall–Kier alpha value is -1.42. The van der Waals surface area contributed by atoms with Gasteiger partial charge >= 0.3 is 0 Å². The Bertz CT molecular complexity index is 416. The van der Waals surface area contributed by atoms with E-state index in [-0.39, 0.29) is 5.56 Å². The Kier molecular flexibility index (Phi) is 4.23. The molecule has 0 unspecified atom stereocenters. The smallest absolute Gasteiger partial charge is 0.254 e. The van der Waals surface area contributed by atoms with Crippen LogP contribution in [0.5, 0.6) is 0 Å². The molecule has 0 spiro atoms. The SMILES string of the molecule is Cc1ccc(C(=O)NC(C)(C)CCN)c(F)c1. The van der Waals surface area contributed by atoms with Gasteiger partial charge in [0, 0.05) is 5.54 Å². The van der Waals surface area contributed by atoms with Crippen molar-refractivity contribution >= 4 is 5.91 Å². The molecule has 0 heterocycles. The van der Waals surface area contributed by atoms with Crippen molar-refractivity contribution in [3.8, 4) is 0 Å². The molecule has 0 fully saturated rings. The molecule has 0 atom stereocenters. The van der Waals surface area contributed by atoms with Crippen LogP contribution in [0.2, 0.25) is 0 Å². The third-order valence-electron chi connectivity index (χ3n) is 2.59. The summed E-state index contributed by atoms with van der Waals surface area (Å²) in [5.74, 6) is -0.896. The van der Waals surface area contributed by atoms with Gasteiger partial charge in [0.05, 0.1) is 5.56 Å². The zero-order valence-electron chi connectivity index (χ0n) is 10.5. The van der Waals surface area contributed by atoms with Crippen molar-refractivity contribution in [2.24, 2.45) is 5.73 Å². The van der Waals surface area contributed by atoms with Gasteiger partial charge in [-0.05, 0) is 51.4 Å². The third-order valence-corrected chi connectivity index (χ3v) is 2.59. The van der Waals surface area contributed by atoms with E-state index in [9.17, 15) is 9.18 Å². The van der Waals surface area contributed by atoms with E-state index in [1.807, 2.05) is 13.8 Å². The standard InChI is InChI=1S/C13H19FN2O/c1-9-4-5-10(11(14)8-9)12(17)16-13(2,3)6-7-15/h4-5,8H,6-7,15H2,1-3H3,(H,16,17). The first-order valence-electron chi connectivity index (χ1n) is 5.64. The van der Waals surface area contributed by atoms with E-state index in [2.05, 4.69) is 5.32 Å². The highest BCUT2D eigenvalue weighted by atomic mass is 19.1. The molecule has 3 N–H and O–H groups in total. The summed E-state index contributed by atoms with van der Waals surface area (Å²) in [4.78, 5) is 11.9. The molecule has 1 aromatic rings. The third kappa shape index (κ3) is 3.82. The minimum absolute atomic E-state index is 0.0701. The second-order valence-electron chi connectivity index (χ2n) is 4.86. The zero-order valence-corrected chi connectivity index (χ0v) is 10.5. The van der Waals surface area contributed by atoms with Crippen molar-refractivity contribution in [3.63, 3.8) is 0 Å². The molecular weight excluding hydrogens is 219 g/mol. The molecule has 0 bridgehead atoms. The van der Waals surface area contributed by atoms with Gasteiger partial charge in [0.25, 0.3) is 5.91 Å². The van der Waals surface area contributed by atoms with Crippen LogP contribution in [-0.2, 0) is 0 Å². The van der Waals surface area contributed by atoms with Crippen LogP contribution in [0.4, 0.5) is 4.39 Å². The predicted octanol–water partition coefficient (Wildman–Crippen LogP) is 1.99. The van der Waals surface area contributed by atoms with E-state index in [1.54, 1.807) is 13.0 Å². The Labute approximate surface area is 101 Å². The fourth-order valence-electron chi connectivity index (χ4n) is 1.60. The first-order chi connectivity index (χ1) is 7.85. The fourth-order valence-corrected chi connectivity index (χ4v) is 1.60. The van der Waals surface area contributed by atoms with Crippen molar-refractivity contribution in [1.82, 2.24) is 5.32 Å². The normalized spacial score (nSPS) is 11.4. The van der Waals surface area contributed by atoms with Gasteiger partial charge in [0.1, 0.15) is 5.82 Å². The molecule has 0 aliphatic carbocycles. The number of amides is 1. The van der Waals surface area contributed by atoms with Crippen molar-refractivity contribution in [2.45, 2.75) is 32.7 Å². The summed E-state index contributed by atoms with van der Waals surface area (Å²) >= 11 is 0. The lowest BCUT2D eigenvalue weighted by atomic mass is 10.00. The maximum absolute atomic E-state index is 13.6. The topological polar surface area (TPSA) is 55.1 Å². The fraction of sp³-hybridized carbons (Fsp3) is 0.462. The summed E-state index contributed by atoms with van der Waals surface area (Å²) < 4.78 is 13.6. The average molecular weight is 238 g/mol. The molecule has 0 aromatic heterocycles. The van der Waals surface area contributed by atoms with E-state index in [0.717, 1.165) is 5.56 Å². The Balaban J connectivity index is 2.83. The first kappa shape index (κ1) is 13.6. The first-order valence-corrected chi connectivity index (χ1v) is 5.64. The van der Waals surface area contributed by atoms with Gasteiger partial charge in [-0.25, -0.2) is 4.39 Å². The second-order valence-corrected chi connectivity index (χ2v) is 4.86. The lowest BCUT2D eigenvalue weighted by molar-refractivity contribution is 0.0906. The number of halogens is 1. The summed E-state index contributed by atoms with van der Waals surface area (Å²) in [6.45, 7) is 5.99. The van der Waals surface area contributed by atoms with Crippen LogP contribution < -0.4 is 11.1 Å². The van der Waals surface area contributed by atoms with Crippen LogP contribution in [0.25, 0.3) is 0 Å². The average Bonchev–Trinajstić information content (AvgIpc) is 2.15. The molecule has 94 valence electrons. The predicted molar refractivity (Wildman–Crippen MR) is 66.4 cm³/mol. The Morgan fingerprint density at radius 1 is 1.47 bits per heavy atom. The zero-order chi connectivity index (χ0) is 13.1.